The molecule has 0 radical (unpaired) electrons. The molecule has 8 rings (SSSR count). The lowest BCUT2D eigenvalue weighted by Gasteiger charge is -2.43. The van der Waals surface area contributed by atoms with E-state index in [2.05, 4.69) is 9.80 Å². The maximum Gasteiger partial charge on any atom is 0.337 e. The first-order valence-electron chi connectivity index (χ1n) is 21.2. The van der Waals surface area contributed by atoms with E-state index < -0.39 is 38.0 Å². The van der Waals surface area contributed by atoms with Crippen molar-refractivity contribution in [2.75, 3.05) is 101 Å². The van der Waals surface area contributed by atoms with Crippen LogP contribution in [0.15, 0.2) is 84.9 Å². The van der Waals surface area contributed by atoms with Crippen molar-refractivity contribution in [2.45, 2.75) is 25.2 Å². The number of carbonyl (C=O) groups is 2. The number of ether oxygens (including phenoxy) is 3. The van der Waals surface area contributed by atoms with E-state index in [-0.39, 0.29) is 46.8 Å². The van der Waals surface area contributed by atoms with Gasteiger partial charge in [-0.05, 0) is 59.7 Å². The molecule has 0 amide bonds. The van der Waals surface area contributed by atoms with Crippen molar-refractivity contribution < 1.29 is 49.4 Å². The lowest BCUT2D eigenvalue weighted by molar-refractivity contribution is -0.0721. The summed E-state index contributed by atoms with van der Waals surface area (Å²) in [6, 6.07) is 21.5. The molecule has 4 aliphatic heterocycles. The van der Waals surface area contributed by atoms with E-state index in [0.29, 0.717) is 113 Å². The Balaban J connectivity index is 0.000000196. The van der Waals surface area contributed by atoms with Gasteiger partial charge in [-0.2, -0.15) is 25.4 Å². The Morgan fingerprint density at radius 3 is 1.33 bits per heavy atom. The number of Topliss-reactive ketones (excluding diaryl/α,β-unsaturated/α-hetero) is 1. The molecule has 0 aliphatic carbocycles. The van der Waals surface area contributed by atoms with Gasteiger partial charge in [0.15, 0.2) is 5.78 Å². The molecule has 66 heavy (non-hydrogen) atoms. The number of methoxy groups -OCH3 is 1. The van der Waals surface area contributed by atoms with Gasteiger partial charge in [0.05, 0.1) is 92.2 Å². The van der Waals surface area contributed by atoms with Gasteiger partial charge in [-0.3, -0.25) is 23.2 Å². The zero-order chi connectivity index (χ0) is 47.2. The summed E-state index contributed by atoms with van der Waals surface area (Å²) in [5, 5.41) is -0.324. The van der Waals surface area contributed by atoms with Crippen LogP contribution in [0.4, 0.5) is 20.2 Å². The second kappa shape index (κ2) is 21.8. The molecule has 4 saturated heterocycles. The summed E-state index contributed by atoms with van der Waals surface area (Å²) in [6.45, 7) is 6.39. The summed E-state index contributed by atoms with van der Waals surface area (Å²) in [6.07, 6.45) is 0. The highest BCUT2D eigenvalue weighted by Gasteiger charge is 2.38. The van der Waals surface area contributed by atoms with Crippen LogP contribution in [0, 0.1) is 11.6 Å². The van der Waals surface area contributed by atoms with Gasteiger partial charge in [-0.25, -0.2) is 13.6 Å². The van der Waals surface area contributed by atoms with Gasteiger partial charge in [0.2, 0.25) is 0 Å². The molecule has 4 fully saturated rings. The number of nitrogens with zero attached hydrogens (tertiary/aromatic N) is 6. The monoisotopic (exact) mass is 993 g/mol. The fourth-order valence-electron chi connectivity index (χ4n) is 7.75. The van der Waals surface area contributed by atoms with Crippen LogP contribution in [-0.2, 0) is 47.7 Å². The highest BCUT2D eigenvalue weighted by molar-refractivity contribution is 7.90. The number of ketones is 1. The number of piperazine rings is 2. The van der Waals surface area contributed by atoms with Gasteiger partial charge in [-0.15, -0.1) is 0 Å². The smallest absolute Gasteiger partial charge is 0.337 e. The molecule has 0 bridgehead atoms. The van der Waals surface area contributed by atoms with Gasteiger partial charge in [0.25, 0.3) is 0 Å². The van der Waals surface area contributed by atoms with Gasteiger partial charge in [-0.1, -0.05) is 59.6 Å². The van der Waals surface area contributed by atoms with Crippen molar-refractivity contribution in [1.29, 1.82) is 0 Å². The minimum absolute atomic E-state index is 0.00192. The SMILES string of the molecule is COC(=O)c1ccc(CN(c2ccc(F)c(Cl)c2)S(=O)(=O)N2CCN(C3COC3)CC2)cc1.NCC(=O)c1ccc(CN(c2ccc(F)c(Cl)c2)S(=O)(=O)N2CCN(C3COC3)CC2)cc1. The normalized spacial score (nSPS) is 18.1. The third-order valence-corrected chi connectivity index (χ3v) is 16.3. The Bertz CT molecular complexity index is 2380. The van der Waals surface area contributed by atoms with E-state index in [0.717, 1.165) is 12.1 Å². The summed E-state index contributed by atoms with van der Waals surface area (Å²) < 4.78 is 103. The second-order valence-corrected chi connectivity index (χ2v) is 20.5. The van der Waals surface area contributed by atoms with Crippen LogP contribution in [0.1, 0.15) is 31.8 Å². The average molecular weight is 995 g/mol. The molecule has 2 N–H and O–H groups in total. The van der Waals surface area contributed by atoms with E-state index >= 15 is 0 Å². The van der Waals surface area contributed by atoms with Crippen LogP contribution in [-0.4, -0.2) is 152 Å². The van der Waals surface area contributed by atoms with Gasteiger partial charge in [0.1, 0.15) is 11.6 Å². The number of hydrogen-bond acceptors (Lipinski definition) is 12. The summed E-state index contributed by atoms with van der Waals surface area (Å²) >= 11 is 11.9. The molecule has 4 aliphatic rings. The minimum atomic E-state index is -3.94. The minimum Gasteiger partial charge on any atom is -0.465 e. The molecular formula is C44H51Cl2F2N7O9S2. The molecule has 356 valence electrons. The van der Waals surface area contributed by atoms with Crippen molar-refractivity contribution in [3.8, 4) is 0 Å². The molecule has 0 atom stereocenters. The van der Waals surface area contributed by atoms with Crippen LogP contribution in [0.25, 0.3) is 0 Å². The van der Waals surface area contributed by atoms with E-state index in [4.69, 9.17) is 43.1 Å². The predicted molar refractivity (Wildman–Crippen MR) is 246 cm³/mol. The average Bonchev–Trinajstić information content (AvgIpc) is 3.28. The molecule has 4 aromatic rings. The summed E-state index contributed by atoms with van der Waals surface area (Å²) in [4.78, 5) is 28.0. The molecule has 16 nitrogen and oxygen atoms in total. The number of nitrogens with two attached hydrogens (primary N) is 1. The molecule has 0 unspecified atom stereocenters. The first-order valence-corrected chi connectivity index (χ1v) is 24.7. The molecular weight excluding hydrogens is 944 g/mol. The number of halogens is 4. The summed E-state index contributed by atoms with van der Waals surface area (Å²) in [7, 11) is -6.58. The van der Waals surface area contributed by atoms with Crippen LogP contribution >= 0.6 is 23.2 Å². The molecule has 4 heterocycles. The Morgan fingerprint density at radius 1 is 0.636 bits per heavy atom. The zero-order valence-corrected chi connectivity index (χ0v) is 39.3. The summed E-state index contributed by atoms with van der Waals surface area (Å²) in [5.41, 5.74) is 8.06. The van der Waals surface area contributed by atoms with Gasteiger partial charge < -0.3 is 19.9 Å². The van der Waals surface area contributed by atoms with Crippen LogP contribution in [0.3, 0.4) is 0 Å². The number of carbonyl (C=O) groups excluding carboxylic acids is 2. The Kier molecular flexibility index (Phi) is 16.3. The Morgan fingerprint density at radius 2 is 1.02 bits per heavy atom. The second-order valence-electron chi connectivity index (χ2n) is 16.0. The molecule has 4 aromatic carbocycles. The maximum absolute atomic E-state index is 13.8. The van der Waals surface area contributed by atoms with Crippen molar-refractivity contribution in [2.24, 2.45) is 5.73 Å². The molecule has 22 heteroatoms. The Labute approximate surface area is 393 Å². The van der Waals surface area contributed by atoms with Gasteiger partial charge >= 0.3 is 26.4 Å². The molecule has 0 aromatic heterocycles. The standard InChI is InChI=1S/C22H26ClFN4O4S.C22H25ClFN3O5S/c23-20-11-18(5-6-21(20)24)28(13-16-1-3-17(4-2-16)22(29)12-25)33(30,31)27-9-7-26(8-10-27)19-14-32-15-19;1-31-22(28)17-4-2-16(3-5-17)13-27(18-6-7-21(24)20(23)12-18)33(29,30)26-10-8-25(9-11-26)19-14-32-15-19/h1-6,11,19H,7-10,12-15,25H2;2-7,12,19H,8-11,13-15H2,1H3. The van der Waals surface area contributed by atoms with Crippen molar-refractivity contribution in [3.05, 3.63) is 129 Å². The lowest BCUT2D eigenvalue weighted by Crippen LogP contribution is -2.59. The van der Waals surface area contributed by atoms with Gasteiger partial charge in [0, 0.05) is 57.9 Å². The van der Waals surface area contributed by atoms with E-state index in [1.165, 1.54) is 48.6 Å². The number of benzene rings is 4. The number of esters is 1. The first-order chi connectivity index (χ1) is 31.6. The largest absolute Gasteiger partial charge is 0.465 e. The third-order valence-electron chi connectivity index (χ3n) is 11.9. The van der Waals surface area contributed by atoms with Crippen molar-refractivity contribution >= 4 is 66.7 Å². The fourth-order valence-corrected chi connectivity index (χ4v) is 11.3. The van der Waals surface area contributed by atoms with Crippen molar-refractivity contribution in [1.82, 2.24) is 18.4 Å². The first kappa shape index (κ1) is 49.6. The van der Waals surface area contributed by atoms with E-state index in [1.807, 2.05) is 0 Å². The fraction of sp³-hybridized carbons (Fsp3) is 0.409. The van der Waals surface area contributed by atoms with Crippen LogP contribution in [0.2, 0.25) is 10.0 Å². The number of hydrogen-bond donors (Lipinski definition) is 1. The number of rotatable bonds is 15. The zero-order valence-electron chi connectivity index (χ0n) is 36.1. The van der Waals surface area contributed by atoms with E-state index in [9.17, 15) is 35.2 Å². The van der Waals surface area contributed by atoms with Crippen molar-refractivity contribution in [3.63, 3.8) is 0 Å². The van der Waals surface area contributed by atoms with Crippen LogP contribution in [0.5, 0.6) is 0 Å². The maximum atomic E-state index is 13.8. The third kappa shape index (κ3) is 11.5. The molecule has 0 spiro atoms. The molecule has 0 saturated carbocycles. The lowest BCUT2D eigenvalue weighted by atomic mass is 10.1. The van der Waals surface area contributed by atoms with E-state index in [1.54, 1.807) is 48.5 Å². The highest BCUT2D eigenvalue weighted by atomic mass is 35.5. The quantitative estimate of drug-likeness (QED) is 0.131. The number of anilines is 2. The Hall–Kier alpha value is -4.32. The highest BCUT2D eigenvalue weighted by Crippen LogP contribution is 2.31. The summed E-state index contributed by atoms with van der Waals surface area (Å²) in [5.74, 6) is -1.94. The van der Waals surface area contributed by atoms with Crippen LogP contribution < -0.4 is 14.3 Å². The topological polar surface area (TPSA) is 176 Å². The predicted octanol–water partition coefficient (Wildman–Crippen LogP) is 4.42.